The topological polar surface area (TPSA) is 86.7 Å². The van der Waals surface area contributed by atoms with E-state index in [1.165, 1.54) is 0 Å². The average molecular weight is 446 g/mol. The molecule has 2 aromatic carbocycles. The van der Waals surface area contributed by atoms with Crippen LogP contribution in [0, 0.1) is 5.92 Å². The van der Waals surface area contributed by atoms with E-state index in [1.807, 2.05) is 24.3 Å². The molecule has 1 saturated heterocycles. The van der Waals surface area contributed by atoms with E-state index in [2.05, 4.69) is 4.90 Å². The van der Waals surface area contributed by atoms with Crippen LogP contribution in [0.15, 0.2) is 30.3 Å². The van der Waals surface area contributed by atoms with Crippen LogP contribution in [-0.2, 0) is 4.79 Å². The van der Waals surface area contributed by atoms with Crippen molar-refractivity contribution in [2.45, 2.75) is 18.9 Å². The maximum absolute atomic E-state index is 11.8. The van der Waals surface area contributed by atoms with Gasteiger partial charge in [0.05, 0.1) is 53.1 Å². The van der Waals surface area contributed by atoms with Gasteiger partial charge in [0, 0.05) is 18.2 Å². The summed E-state index contributed by atoms with van der Waals surface area (Å²) in [5, 5.41) is 9.69. The predicted molar refractivity (Wildman–Crippen MR) is 119 cm³/mol. The molecule has 0 bridgehead atoms. The Morgan fingerprint density at radius 2 is 1.47 bits per heavy atom. The molecule has 1 aliphatic heterocycles. The SMILES string of the molecule is COc1cc(OC)c(C(c2c(OC)cccc2OC)N2CCCC(C(=O)O)C2)cc1OC. The summed E-state index contributed by atoms with van der Waals surface area (Å²) in [6.45, 7) is 1.10. The van der Waals surface area contributed by atoms with Gasteiger partial charge in [-0.05, 0) is 37.6 Å². The van der Waals surface area contributed by atoms with Crippen molar-refractivity contribution in [1.82, 2.24) is 4.90 Å². The Morgan fingerprint density at radius 1 is 0.906 bits per heavy atom. The molecule has 0 amide bonds. The molecule has 2 atom stereocenters. The van der Waals surface area contributed by atoms with Crippen molar-refractivity contribution in [1.29, 1.82) is 0 Å². The summed E-state index contributed by atoms with van der Waals surface area (Å²) >= 11 is 0. The summed E-state index contributed by atoms with van der Waals surface area (Å²) in [4.78, 5) is 14.0. The van der Waals surface area contributed by atoms with Crippen LogP contribution >= 0.6 is 0 Å². The number of hydrogen-bond donors (Lipinski definition) is 1. The lowest BCUT2D eigenvalue weighted by molar-refractivity contribution is -0.143. The van der Waals surface area contributed by atoms with E-state index in [1.54, 1.807) is 41.6 Å². The van der Waals surface area contributed by atoms with E-state index in [9.17, 15) is 9.90 Å². The molecule has 0 aliphatic carbocycles. The molecule has 0 saturated carbocycles. The minimum absolute atomic E-state index is 0.388. The first kappa shape index (κ1) is 23.5. The number of aliphatic carboxylic acids is 1. The standard InChI is InChI=1S/C24H31NO7/c1-28-17-9-6-10-18(29-2)22(17)23(25-11-7-8-15(14-25)24(26)27)16-12-20(31-4)21(32-5)13-19(16)30-3/h6,9-10,12-13,15,23H,7-8,11,14H2,1-5H3,(H,26,27). The Bertz CT molecular complexity index is 924. The highest BCUT2D eigenvalue weighted by atomic mass is 16.5. The van der Waals surface area contributed by atoms with Crippen LogP contribution in [0.1, 0.15) is 30.0 Å². The first-order valence-corrected chi connectivity index (χ1v) is 10.5. The number of hydrogen-bond acceptors (Lipinski definition) is 7. The third-order valence-corrected chi connectivity index (χ3v) is 5.94. The molecule has 2 aromatic rings. The van der Waals surface area contributed by atoms with Gasteiger partial charge in [-0.1, -0.05) is 6.07 Å². The highest BCUT2D eigenvalue weighted by Gasteiger charge is 2.36. The number of methoxy groups -OCH3 is 5. The van der Waals surface area contributed by atoms with Crippen LogP contribution in [-0.4, -0.2) is 64.6 Å². The Hall–Kier alpha value is -3.13. The van der Waals surface area contributed by atoms with Crippen LogP contribution in [0.5, 0.6) is 28.7 Å². The van der Waals surface area contributed by atoms with Gasteiger partial charge in [-0.15, -0.1) is 0 Å². The van der Waals surface area contributed by atoms with Crippen molar-refractivity contribution in [3.05, 3.63) is 41.5 Å². The van der Waals surface area contributed by atoms with E-state index >= 15 is 0 Å². The molecule has 32 heavy (non-hydrogen) atoms. The van der Waals surface area contributed by atoms with Crippen LogP contribution in [0.2, 0.25) is 0 Å². The first-order valence-electron chi connectivity index (χ1n) is 10.5. The number of carbonyl (C=O) groups is 1. The van der Waals surface area contributed by atoms with Gasteiger partial charge in [0.2, 0.25) is 0 Å². The van der Waals surface area contributed by atoms with Gasteiger partial charge in [0.25, 0.3) is 0 Å². The fourth-order valence-electron chi connectivity index (χ4n) is 4.39. The number of ether oxygens (including phenoxy) is 5. The van der Waals surface area contributed by atoms with E-state index in [0.717, 1.165) is 17.5 Å². The number of likely N-dealkylation sites (tertiary alicyclic amines) is 1. The highest BCUT2D eigenvalue weighted by Crippen LogP contribution is 2.47. The minimum Gasteiger partial charge on any atom is -0.496 e. The van der Waals surface area contributed by atoms with Crippen molar-refractivity contribution in [3.8, 4) is 28.7 Å². The molecule has 0 radical (unpaired) electrons. The Morgan fingerprint density at radius 3 is 2.00 bits per heavy atom. The van der Waals surface area contributed by atoms with E-state index in [-0.39, 0.29) is 0 Å². The first-order chi connectivity index (χ1) is 15.5. The van der Waals surface area contributed by atoms with Crippen LogP contribution in [0.25, 0.3) is 0 Å². The van der Waals surface area contributed by atoms with Gasteiger partial charge in [-0.2, -0.15) is 0 Å². The molecule has 174 valence electrons. The van der Waals surface area contributed by atoms with Gasteiger partial charge >= 0.3 is 5.97 Å². The molecule has 8 heteroatoms. The predicted octanol–water partition coefficient (Wildman–Crippen LogP) is 3.62. The zero-order valence-electron chi connectivity index (χ0n) is 19.2. The van der Waals surface area contributed by atoms with Crippen molar-refractivity contribution in [2.24, 2.45) is 5.92 Å². The average Bonchev–Trinajstić information content (AvgIpc) is 2.83. The second-order valence-corrected chi connectivity index (χ2v) is 7.60. The summed E-state index contributed by atoms with van der Waals surface area (Å²) in [5.41, 5.74) is 1.60. The Labute approximate surface area is 188 Å². The molecule has 1 aliphatic rings. The van der Waals surface area contributed by atoms with Gasteiger partial charge in [0.1, 0.15) is 17.2 Å². The molecule has 1 fully saturated rings. The fraction of sp³-hybridized carbons (Fsp3) is 0.458. The number of nitrogens with zero attached hydrogens (tertiary/aromatic N) is 1. The van der Waals surface area contributed by atoms with Crippen LogP contribution < -0.4 is 23.7 Å². The molecule has 0 spiro atoms. The third-order valence-electron chi connectivity index (χ3n) is 5.94. The van der Waals surface area contributed by atoms with Gasteiger partial charge in [0.15, 0.2) is 11.5 Å². The van der Waals surface area contributed by atoms with Gasteiger partial charge in [-0.3, -0.25) is 9.69 Å². The molecule has 8 nitrogen and oxygen atoms in total. The third kappa shape index (κ3) is 4.55. The largest absolute Gasteiger partial charge is 0.496 e. The maximum Gasteiger partial charge on any atom is 0.307 e. The maximum atomic E-state index is 11.8. The van der Waals surface area contributed by atoms with E-state index in [0.29, 0.717) is 48.3 Å². The minimum atomic E-state index is -0.792. The van der Waals surface area contributed by atoms with Crippen molar-refractivity contribution >= 4 is 5.97 Å². The molecule has 1 N–H and O–H groups in total. The summed E-state index contributed by atoms with van der Waals surface area (Å²) in [6, 6.07) is 8.87. The van der Waals surface area contributed by atoms with Crippen molar-refractivity contribution in [3.63, 3.8) is 0 Å². The lowest BCUT2D eigenvalue weighted by Crippen LogP contribution is -2.41. The molecule has 3 rings (SSSR count). The fourth-order valence-corrected chi connectivity index (χ4v) is 4.39. The summed E-state index contributed by atoms with van der Waals surface area (Å²) in [7, 11) is 7.96. The van der Waals surface area contributed by atoms with E-state index in [4.69, 9.17) is 23.7 Å². The summed E-state index contributed by atoms with van der Waals surface area (Å²) in [6.07, 6.45) is 1.41. The van der Waals surface area contributed by atoms with Gasteiger partial charge < -0.3 is 28.8 Å². The zero-order chi connectivity index (χ0) is 23.3. The lowest BCUT2D eigenvalue weighted by Gasteiger charge is -2.39. The molecular weight excluding hydrogens is 414 g/mol. The summed E-state index contributed by atoms with van der Waals surface area (Å²) in [5.74, 6) is 1.72. The van der Waals surface area contributed by atoms with Crippen LogP contribution in [0.4, 0.5) is 0 Å². The number of rotatable bonds is 9. The second kappa shape index (κ2) is 10.5. The quantitative estimate of drug-likeness (QED) is 0.626. The molecule has 1 heterocycles. The number of carboxylic acids is 1. The number of benzene rings is 2. The van der Waals surface area contributed by atoms with Crippen LogP contribution in [0.3, 0.4) is 0 Å². The van der Waals surface area contributed by atoms with Crippen molar-refractivity contribution in [2.75, 3.05) is 48.6 Å². The smallest absolute Gasteiger partial charge is 0.307 e. The number of piperidine rings is 1. The van der Waals surface area contributed by atoms with Crippen molar-refractivity contribution < 1.29 is 33.6 Å². The lowest BCUT2D eigenvalue weighted by atomic mass is 9.89. The Balaban J connectivity index is 2.27. The monoisotopic (exact) mass is 445 g/mol. The normalized spacial score (nSPS) is 17.3. The summed E-state index contributed by atoms with van der Waals surface area (Å²) < 4.78 is 28.2. The Kier molecular flexibility index (Phi) is 7.69. The van der Waals surface area contributed by atoms with Gasteiger partial charge in [-0.25, -0.2) is 0 Å². The zero-order valence-corrected chi connectivity index (χ0v) is 19.2. The highest BCUT2D eigenvalue weighted by molar-refractivity contribution is 5.70. The molecule has 2 unspecified atom stereocenters. The van der Waals surface area contributed by atoms with E-state index < -0.39 is 17.9 Å². The molecular formula is C24H31NO7. The molecule has 0 aromatic heterocycles. The second-order valence-electron chi connectivity index (χ2n) is 7.60. The number of carboxylic acid groups (broad SMARTS) is 1.